The molecule has 7 nitrogen and oxygen atoms in total. The van der Waals surface area contributed by atoms with Gasteiger partial charge in [0, 0.05) is 22.8 Å². The number of aromatic nitrogens is 2. The standard InChI is InChI=1S/C22H24N4O3S2/c1-22(2,19-13-30-21(25-19)26-31(28)18-8-9-18)20(27)24-16-6-4-14(5-7-16)15-10-17(29-3)12-23-11-15/h4-7,10-13,18H,8-9H2,1-3H3,(H,24,27)(H,25,26). The molecule has 0 radical (unpaired) electrons. The summed E-state index contributed by atoms with van der Waals surface area (Å²) in [4.78, 5) is 21.6. The van der Waals surface area contributed by atoms with Gasteiger partial charge in [-0.3, -0.25) is 14.5 Å². The molecule has 1 aliphatic rings. The predicted molar refractivity (Wildman–Crippen MR) is 125 cm³/mol. The third kappa shape index (κ3) is 4.94. The summed E-state index contributed by atoms with van der Waals surface area (Å²) in [6.45, 7) is 3.66. The first-order chi connectivity index (χ1) is 14.9. The maximum atomic E-state index is 13.0. The fraction of sp³-hybridized carbons (Fsp3) is 0.318. The molecule has 31 heavy (non-hydrogen) atoms. The van der Waals surface area contributed by atoms with Crippen molar-refractivity contribution in [3.63, 3.8) is 0 Å². The van der Waals surface area contributed by atoms with Crippen LogP contribution in [-0.2, 0) is 21.2 Å². The third-order valence-corrected chi connectivity index (χ3v) is 7.51. The lowest BCUT2D eigenvalue weighted by Crippen LogP contribution is -2.35. The maximum absolute atomic E-state index is 13.0. The first kappa shape index (κ1) is 21.5. The summed E-state index contributed by atoms with van der Waals surface area (Å²) in [5.74, 6) is 0.526. The highest BCUT2D eigenvalue weighted by Gasteiger charge is 2.33. The van der Waals surface area contributed by atoms with Crippen molar-refractivity contribution in [3.8, 4) is 16.9 Å². The largest absolute Gasteiger partial charge is 0.495 e. The number of nitrogens with one attached hydrogen (secondary N) is 2. The molecule has 0 saturated heterocycles. The van der Waals surface area contributed by atoms with Crippen LogP contribution in [0.5, 0.6) is 5.75 Å². The molecule has 1 aliphatic carbocycles. The molecular weight excluding hydrogens is 432 g/mol. The molecule has 3 aromatic rings. The number of carbonyl (C=O) groups excluding carboxylic acids is 1. The number of hydrogen-bond donors (Lipinski definition) is 2. The van der Waals surface area contributed by atoms with Gasteiger partial charge in [-0.15, -0.1) is 11.3 Å². The van der Waals surface area contributed by atoms with E-state index in [1.807, 2.05) is 49.6 Å². The highest BCUT2D eigenvalue weighted by Crippen LogP contribution is 2.32. The summed E-state index contributed by atoms with van der Waals surface area (Å²) in [6.07, 6.45) is 5.39. The molecule has 0 aliphatic heterocycles. The van der Waals surface area contributed by atoms with Crippen molar-refractivity contribution in [2.75, 3.05) is 17.1 Å². The van der Waals surface area contributed by atoms with E-state index in [9.17, 15) is 9.00 Å². The van der Waals surface area contributed by atoms with Crippen LogP contribution in [-0.4, -0.2) is 32.4 Å². The lowest BCUT2D eigenvalue weighted by atomic mass is 9.89. The summed E-state index contributed by atoms with van der Waals surface area (Å²) >= 11 is 1.36. The molecule has 1 unspecified atom stereocenters. The van der Waals surface area contributed by atoms with Crippen molar-refractivity contribution in [3.05, 3.63) is 53.8 Å². The second-order valence-electron chi connectivity index (χ2n) is 7.91. The summed E-state index contributed by atoms with van der Waals surface area (Å²) in [5.41, 5.74) is 2.41. The van der Waals surface area contributed by atoms with E-state index in [4.69, 9.17) is 4.74 Å². The Labute approximate surface area is 187 Å². The van der Waals surface area contributed by atoms with Gasteiger partial charge in [-0.25, -0.2) is 9.19 Å². The molecule has 0 bridgehead atoms. The number of rotatable bonds is 8. The number of ether oxygens (including phenoxy) is 1. The lowest BCUT2D eigenvalue weighted by Gasteiger charge is -2.21. The zero-order valence-corrected chi connectivity index (χ0v) is 19.2. The highest BCUT2D eigenvalue weighted by atomic mass is 32.2. The highest BCUT2D eigenvalue weighted by molar-refractivity contribution is 7.87. The maximum Gasteiger partial charge on any atom is 0.236 e. The van der Waals surface area contributed by atoms with Gasteiger partial charge in [0.1, 0.15) is 16.7 Å². The van der Waals surface area contributed by atoms with Crippen LogP contribution in [0, 0.1) is 0 Å². The van der Waals surface area contributed by atoms with Gasteiger partial charge in [0.2, 0.25) is 5.91 Å². The molecule has 0 spiro atoms. The molecule has 162 valence electrons. The minimum atomic E-state index is -1.10. The van der Waals surface area contributed by atoms with Gasteiger partial charge < -0.3 is 10.1 Å². The Hall–Kier alpha value is -2.78. The van der Waals surface area contributed by atoms with Gasteiger partial charge in [0.05, 0.1) is 29.7 Å². The first-order valence-corrected chi connectivity index (χ1v) is 12.0. The number of hydrogen-bond acceptors (Lipinski definition) is 6. The van der Waals surface area contributed by atoms with E-state index in [1.54, 1.807) is 19.5 Å². The Morgan fingerprint density at radius 1 is 1.19 bits per heavy atom. The topological polar surface area (TPSA) is 93.2 Å². The van der Waals surface area contributed by atoms with Crippen molar-refractivity contribution in [2.24, 2.45) is 0 Å². The van der Waals surface area contributed by atoms with E-state index in [0.717, 1.165) is 24.0 Å². The second kappa shape index (κ2) is 8.76. The molecule has 4 rings (SSSR count). The van der Waals surface area contributed by atoms with Crippen LogP contribution >= 0.6 is 11.3 Å². The molecule has 1 atom stereocenters. The summed E-state index contributed by atoms with van der Waals surface area (Å²) in [7, 11) is 0.504. The van der Waals surface area contributed by atoms with Gasteiger partial charge in [-0.1, -0.05) is 12.1 Å². The zero-order chi connectivity index (χ0) is 22.0. The number of amides is 1. The van der Waals surface area contributed by atoms with Crippen LogP contribution in [0.3, 0.4) is 0 Å². The fourth-order valence-electron chi connectivity index (χ4n) is 2.90. The molecule has 9 heteroatoms. The molecule has 1 saturated carbocycles. The average molecular weight is 457 g/mol. The third-order valence-electron chi connectivity index (χ3n) is 5.15. The van der Waals surface area contributed by atoms with Crippen LogP contribution in [0.4, 0.5) is 10.8 Å². The van der Waals surface area contributed by atoms with E-state index in [0.29, 0.717) is 22.3 Å². The fourth-order valence-corrected chi connectivity index (χ4v) is 5.01. The number of carbonyl (C=O) groups is 1. The van der Waals surface area contributed by atoms with E-state index < -0.39 is 16.4 Å². The van der Waals surface area contributed by atoms with Crippen LogP contribution in [0.15, 0.2) is 48.1 Å². The van der Waals surface area contributed by atoms with E-state index in [1.165, 1.54) is 11.3 Å². The Bertz CT molecular complexity index is 1110. The Morgan fingerprint density at radius 3 is 2.61 bits per heavy atom. The average Bonchev–Trinajstić information content (AvgIpc) is 3.53. The SMILES string of the molecule is COc1cncc(-c2ccc(NC(=O)C(C)(C)c3csc(NS(=O)C4CC4)n3)cc2)c1. The molecule has 1 aromatic carbocycles. The second-order valence-corrected chi connectivity index (χ2v) is 10.2. The number of nitrogens with zero attached hydrogens (tertiary/aromatic N) is 2. The molecular formula is C22H24N4O3S2. The van der Waals surface area contributed by atoms with Crippen LogP contribution < -0.4 is 14.8 Å². The minimum Gasteiger partial charge on any atom is -0.495 e. The molecule has 2 heterocycles. The van der Waals surface area contributed by atoms with Gasteiger partial charge in [0.25, 0.3) is 0 Å². The summed E-state index contributed by atoms with van der Waals surface area (Å²) < 4.78 is 20.2. The number of thiazole rings is 1. The summed E-state index contributed by atoms with van der Waals surface area (Å²) in [5, 5.41) is 5.61. The Kier molecular flexibility index (Phi) is 6.06. The van der Waals surface area contributed by atoms with Gasteiger partial charge in [-0.2, -0.15) is 0 Å². The van der Waals surface area contributed by atoms with Crippen molar-refractivity contribution >= 4 is 39.0 Å². The number of pyridine rings is 1. The van der Waals surface area contributed by atoms with E-state index >= 15 is 0 Å². The minimum absolute atomic E-state index is 0.163. The van der Waals surface area contributed by atoms with Gasteiger partial charge >= 0.3 is 0 Å². The van der Waals surface area contributed by atoms with E-state index in [-0.39, 0.29) is 11.2 Å². The first-order valence-electron chi connectivity index (χ1n) is 9.91. The predicted octanol–water partition coefficient (Wildman–Crippen LogP) is 4.37. The van der Waals surface area contributed by atoms with Gasteiger partial charge in [0.15, 0.2) is 5.13 Å². The van der Waals surface area contributed by atoms with Crippen LogP contribution in [0.1, 0.15) is 32.4 Å². The van der Waals surface area contributed by atoms with Gasteiger partial charge in [-0.05, 0) is 50.5 Å². The molecule has 1 fully saturated rings. The summed E-state index contributed by atoms with van der Waals surface area (Å²) in [6, 6.07) is 9.48. The lowest BCUT2D eigenvalue weighted by molar-refractivity contribution is -0.120. The van der Waals surface area contributed by atoms with Crippen molar-refractivity contribution in [1.82, 2.24) is 9.97 Å². The molecule has 1 amide bonds. The number of benzene rings is 1. The quantitative estimate of drug-likeness (QED) is 0.525. The zero-order valence-electron chi connectivity index (χ0n) is 17.5. The number of anilines is 2. The Balaban J connectivity index is 1.43. The molecule has 2 aromatic heterocycles. The van der Waals surface area contributed by atoms with E-state index in [2.05, 4.69) is 20.0 Å². The smallest absolute Gasteiger partial charge is 0.236 e. The normalized spacial score (nSPS) is 14.7. The molecule has 2 N–H and O–H groups in total. The van der Waals surface area contributed by atoms with Crippen LogP contribution in [0.2, 0.25) is 0 Å². The van der Waals surface area contributed by atoms with Crippen molar-refractivity contribution in [2.45, 2.75) is 37.4 Å². The van der Waals surface area contributed by atoms with Crippen molar-refractivity contribution in [1.29, 1.82) is 0 Å². The number of methoxy groups -OCH3 is 1. The van der Waals surface area contributed by atoms with Crippen molar-refractivity contribution < 1.29 is 13.7 Å². The Morgan fingerprint density at radius 2 is 1.94 bits per heavy atom. The monoisotopic (exact) mass is 456 g/mol. The van der Waals surface area contributed by atoms with Crippen LogP contribution in [0.25, 0.3) is 11.1 Å².